The predicted octanol–water partition coefficient (Wildman–Crippen LogP) is 1.84. The van der Waals surface area contributed by atoms with Gasteiger partial charge in [0.15, 0.2) is 0 Å². The molecule has 2 aromatic heterocycles. The molecular formula is C8H6BrN3OS. The number of H-pyrrole nitrogens is 1. The summed E-state index contributed by atoms with van der Waals surface area (Å²) in [5, 5.41) is 0. The van der Waals surface area contributed by atoms with Crippen molar-refractivity contribution in [2.75, 3.05) is 5.73 Å². The van der Waals surface area contributed by atoms with Gasteiger partial charge in [-0.3, -0.25) is 0 Å². The summed E-state index contributed by atoms with van der Waals surface area (Å²) in [6, 6.07) is 5.45. The topological polar surface area (TPSA) is 71.8 Å². The lowest BCUT2D eigenvalue weighted by Crippen LogP contribution is -2.12. The van der Waals surface area contributed by atoms with Crippen molar-refractivity contribution in [3.8, 4) is 10.6 Å². The zero-order chi connectivity index (χ0) is 10.1. The van der Waals surface area contributed by atoms with E-state index in [1.807, 2.05) is 12.1 Å². The third-order valence-corrected chi connectivity index (χ3v) is 3.26. The van der Waals surface area contributed by atoms with Crippen LogP contribution in [0.2, 0.25) is 0 Å². The van der Waals surface area contributed by atoms with Crippen LogP contribution in [-0.2, 0) is 0 Å². The van der Waals surface area contributed by atoms with E-state index in [0.717, 1.165) is 8.66 Å². The van der Waals surface area contributed by atoms with Crippen LogP contribution in [0.5, 0.6) is 0 Å². The molecule has 2 heterocycles. The van der Waals surface area contributed by atoms with Gasteiger partial charge in [-0.1, -0.05) is 0 Å². The number of hydrogen-bond donors (Lipinski definition) is 2. The summed E-state index contributed by atoms with van der Waals surface area (Å²) in [6.07, 6.45) is 0. The molecule has 14 heavy (non-hydrogen) atoms. The number of nitrogens with one attached hydrogen (secondary N) is 1. The maximum absolute atomic E-state index is 11.0. The normalized spacial score (nSPS) is 10.4. The Hall–Kier alpha value is -1.14. The molecule has 72 valence electrons. The van der Waals surface area contributed by atoms with E-state index in [1.54, 1.807) is 6.07 Å². The lowest BCUT2D eigenvalue weighted by atomic mass is 10.3. The highest BCUT2D eigenvalue weighted by molar-refractivity contribution is 9.11. The van der Waals surface area contributed by atoms with E-state index in [9.17, 15) is 4.79 Å². The van der Waals surface area contributed by atoms with Gasteiger partial charge in [-0.2, -0.15) is 4.98 Å². The molecular weight excluding hydrogens is 266 g/mol. The van der Waals surface area contributed by atoms with Crippen LogP contribution in [0.1, 0.15) is 0 Å². The van der Waals surface area contributed by atoms with Crippen molar-refractivity contribution < 1.29 is 0 Å². The molecule has 0 spiro atoms. The molecule has 2 rings (SSSR count). The fourth-order valence-electron chi connectivity index (χ4n) is 1.07. The van der Waals surface area contributed by atoms with Gasteiger partial charge in [0.25, 0.3) is 0 Å². The average Bonchev–Trinajstić information content (AvgIpc) is 2.50. The Bertz CT molecular complexity index is 519. The molecule has 2 aromatic rings. The lowest BCUT2D eigenvalue weighted by molar-refractivity contribution is 1.09. The molecule has 0 saturated heterocycles. The van der Waals surface area contributed by atoms with Crippen LogP contribution in [0.3, 0.4) is 0 Å². The molecule has 0 aromatic carbocycles. The van der Waals surface area contributed by atoms with E-state index in [0.29, 0.717) is 5.69 Å². The second kappa shape index (κ2) is 3.55. The maximum atomic E-state index is 11.0. The molecule has 0 saturated carbocycles. The molecule has 6 heteroatoms. The zero-order valence-corrected chi connectivity index (χ0v) is 9.35. The molecule has 4 nitrogen and oxygen atoms in total. The number of aromatic nitrogens is 2. The molecule has 0 aliphatic carbocycles. The van der Waals surface area contributed by atoms with Gasteiger partial charge in [0.1, 0.15) is 5.82 Å². The van der Waals surface area contributed by atoms with Crippen LogP contribution in [-0.4, -0.2) is 9.97 Å². The number of hydrogen-bond acceptors (Lipinski definition) is 4. The van der Waals surface area contributed by atoms with Gasteiger partial charge in [-0.15, -0.1) is 11.3 Å². The first-order valence-corrected chi connectivity index (χ1v) is 5.38. The third-order valence-electron chi connectivity index (χ3n) is 1.60. The highest BCUT2D eigenvalue weighted by Gasteiger charge is 2.03. The molecule has 0 radical (unpaired) electrons. The first kappa shape index (κ1) is 9.42. The molecule has 0 fully saturated rings. The van der Waals surface area contributed by atoms with E-state index >= 15 is 0 Å². The van der Waals surface area contributed by atoms with Gasteiger partial charge in [0.05, 0.1) is 14.4 Å². The number of nitrogens with zero attached hydrogens (tertiary/aromatic N) is 1. The summed E-state index contributed by atoms with van der Waals surface area (Å²) in [7, 11) is 0. The smallest absolute Gasteiger partial charge is 0.347 e. The number of nitrogen functional groups attached to an aromatic ring is 1. The van der Waals surface area contributed by atoms with Crippen LogP contribution in [0, 0.1) is 0 Å². The van der Waals surface area contributed by atoms with Crippen molar-refractivity contribution in [1.29, 1.82) is 0 Å². The Kier molecular flexibility index (Phi) is 2.39. The Morgan fingerprint density at radius 1 is 1.50 bits per heavy atom. The van der Waals surface area contributed by atoms with Crippen molar-refractivity contribution in [1.82, 2.24) is 9.97 Å². The van der Waals surface area contributed by atoms with Gasteiger partial charge < -0.3 is 10.7 Å². The third kappa shape index (κ3) is 1.85. The number of anilines is 1. The maximum Gasteiger partial charge on any atom is 0.347 e. The van der Waals surface area contributed by atoms with E-state index in [-0.39, 0.29) is 5.82 Å². The van der Waals surface area contributed by atoms with Crippen molar-refractivity contribution in [3.05, 3.63) is 32.5 Å². The summed E-state index contributed by atoms with van der Waals surface area (Å²) in [6.45, 7) is 0. The quantitative estimate of drug-likeness (QED) is 0.832. The average molecular weight is 272 g/mol. The predicted molar refractivity (Wildman–Crippen MR) is 60.3 cm³/mol. The summed E-state index contributed by atoms with van der Waals surface area (Å²) in [4.78, 5) is 18.1. The summed E-state index contributed by atoms with van der Waals surface area (Å²) in [5.41, 5.74) is 5.73. The molecule has 0 bridgehead atoms. The fourth-order valence-corrected chi connectivity index (χ4v) is 2.43. The Morgan fingerprint density at radius 2 is 2.29 bits per heavy atom. The highest BCUT2D eigenvalue weighted by Crippen LogP contribution is 2.29. The van der Waals surface area contributed by atoms with Crippen molar-refractivity contribution in [2.24, 2.45) is 0 Å². The minimum Gasteiger partial charge on any atom is -0.383 e. The van der Waals surface area contributed by atoms with E-state index < -0.39 is 5.69 Å². The fraction of sp³-hybridized carbons (Fsp3) is 0. The van der Waals surface area contributed by atoms with Crippen molar-refractivity contribution in [2.45, 2.75) is 0 Å². The largest absolute Gasteiger partial charge is 0.383 e. The highest BCUT2D eigenvalue weighted by atomic mass is 79.9. The van der Waals surface area contributed by atoms with Crippen molar-refractivity contribution >= 4 is 33.1 Å². The van der Waals surface area contributed by atoms with Gasteiger partial charge in [0, 0.05) is 6.07 Å². The standard InChI is InChI=1S/C8H6BrN3OS/c9-6-2-1-5(14-6)4-3-7(10)12-8(13)11-4/h1-3H,(H3,10,11,12,13). The Balaban J connectivity index is 2.56. The first-order valence-electron chi connectivity index (χ1n) is 3.78. The molecule has 0 unspecified atom stereocenters. The van der Waals surface area contributed by atoms with Crippen LogP contribution < -0.4 is 11.4 Å². The SMILES string of the molecule is Nc1cc(-c2ccc(Br)s2)[nH]c(=O)n1. The Morgan fingerprint density at radius 3 is 2.86 bits per heavy atom. The molecule has 0 atom stereocenters. The minimum atomic E-state index is -0.426. The molecule has 0 aliphatic heterocycles. The molecule has 3 N–H and O–H groups in total. The molecule has 0 aliphatic rings. The molecule has 0 amide bonds. The zero-order valence-electron chi connectivity index (χ0n) is 6.95. The number of halogens is 1. The van der Waals surface area contributed by atoms with E-state index in [2.05, 4.69) is 25.9 Å². The summed E-state index contributed by atoms with van der Waals surface area (Å²) in [5.74, 6) is 0.230. The monoisotopic (exact) mass is 271 g/mol. The van der Waals surface area contributed by atoms with Gasteiger partial charge >= 0.3 is 5.69 Å². The first-order chi connectivity index (χ1) is 6.65. The number of nitrogens with two attached hydrogens (primary N) is 1. The number of aromatic amines is 1. The Labute approximate surface area is 91.9 Å². The van der Waals surface area contributed by atoms with Crippen LogP contribution in [0.15, 0.2) is 26.8 Å². The van der Waals surface area contributed by atoms with E-state index in [1.165, 1.54) is 11.3 Å². The second-order valence-electron chi connectivity index (χ2n) is 2.63. The van der Waals surface area contributed by atoms with Gasteiger partial charge in [-0.05, 0) is 28.1 Å². The van der Waals surface area contributed by atoms with Crippen LogP contribution >= 0.6 is 27.3 Å². The van der Waals surface area contributed by atoms with Crippen LogP contribution in [0.25, 0.3) is 10.6 Å². The lowest BCUT2D eigenvalue weighted by Gasteiger charge is -1.97. The van der Waals surface area contributed by atoms with Gasteiger partial charge in [-0.25, -0.2) is 4.79 Å². The van der Waals surface area contributed by atoms with Crippen molar-refractivity contribution in [3.63, 3.8) is 0 Å². The van der Waals surface area contributed by atoms with Crippen LogP contribution in [0.4, 0.5) is 5.82 Å². The van der Waals surface area contributed by atoms with E-state index in [4.69, 9.17) is 5.73 Å². The second-order valence-corrected chi connectivity index (χ2v) is 5.09. The number of rotatable bonds is 1. The summed E-state index contributed by atoms with van der Waals surface area (Å²) >= 11 is 4.87. The van der Waals surface area contributed by atoms with Gasteiger partial charge in [0.2, 0.25) is 0 Å². The minimum absolute atomic E-state index is 0.230. The summed E-state index contributed by atoms with van der Waals surface area (Å²) < 4.78 is 1.00. The number of thiophene rings is 1.